The number of ether oxygens (including phenoxy) is 1. The molecule has 2 aromatic carbocycles. The lowest BCUT2D eigenvalue weighted by Crippen LogP contribution is -2.54. The largest absolute Gasteiger partial charge is 0.465 e. The number of unbranched alkanes of at least 4 members (excludes halogenated alkanes) is 1. The monoisotopic (exact) mass is 620 g/mol. The van der Waals surface area contributed by atoms with Crippen LogP contribution < -0.4 is 10.6 Å². The molecule has 4 amide bonds. The lowest BCUT2D eigenvalue weighted by Gasteiger charge is -2.42. The Morgan fingerprint density at radius 3 is 2.22 bits per heavy atom. The minimum Gasteiger partial charge on any atom is -0.465 e. The SMILES string of the molecule is C[C@@H](NC(=O)C(=O)[C@H](CCCCNC(=O)N1CCOCC1)N(CC1(Cc2ccccc2)CCCCC1)C(=O)O)c1ccccc1. The first-order valence-electron chi connectivity index (χ1n) is 16.3. The van der Waals surface area contributed by atoms with E-state index in [4.69, 9.17) is 4.74 Å². The van der Waals surface area contributed by atoms with Gasteiger partial charge in [0.1, 0.15) is 6.04 Å². The predicted octanol–water partition coefficient (Wildman–Crippen LogP) is 5.19. The molecule has 0 unspecified atom stereocenters. The molecule has 4 rings (SSSR count). The van der Waals surface area contributed by atoms with E-state index < -0.39 is 29.9 Å². The van der Waals surface area contributed by atoms with E-state index in [-0.39, 0.29) is 24.4 Å². The number of nitrogens with zero attached hydrogens (tertiary/aromatic N) is 2. The van der Waals surface area contributed by atoms with Crippen LogP contribution in [0.1, 0.15) is 75.5 Å². The van der Waals surface area contributed by atoms with Crippen LogP contribution in [-0.4, -0.2) is 84.2 Å². The number of hydrogen-bond donors (Lipinski definition) is 3. The number of morpholine rings is 1. The molecule has 45 heavy (non-hydrogen) atoms. The maximum Gasteiger partial charge on any atom is 0.407 e. The van der Waals surface area contributed by atoms with Crippen molar-refractivity contribution in [2.45, 2.75) is 76.8 Å². The van der Waals surface area contributed by atoms with E-state index in [2.05, 4.69) is 22.8 Å². The molecule has 10 heteroatoms. The molecular formula is C35H48N4O6. The van der Waals surface area contributed by atoms with Gasteiger partial charge in [-0.1, -0.05) is 79.9 Å². The number of nitrogens with one attached hydrogen (secondary N) is 2. The van der Waals surface area contributed by atoms with Gasteiger partial charge in [0.15, 0.2) is 0 Å². The molecule has 2 aromatic rings. The third-order valence-corrected chi connectivity index (χ3v) is 9.12. The smallest absolute Gasteiger partial charge is 0.407 e. The van der Waals surface area contributed by atoms with Crippen LogP contribution in [0.4, 0.5) is 9.59 Å². The first kappa shape index (κ1) is 34.0. The van der Waals surface area contributed by atoms with E-state index in [0.29, 0.717) is 52.1 Å². The molecule has 0 aromatic heterocycles. The Bertz CT molecular complexity index is 1250. The quantitative estimate of drug-likeness (QED) is 0.197. The van der Waals surface area contributed by atoms with Gasteiger partial charge in [-0.05, 0) is 62.0 Å². The summed E-state index contributed by atoms with van der Waals surface area (Å²) in [5.41, 5.74) is 1.67. The maximum atomic E-state index is 13.8. The number of hydrogen-bond acceptors (Lipinski definition) is 5. The molecule has 2 fully saturated rings. The summed E-state index contributed by atoms with van der Waals surface area (Å²) in [5, 5.41) is 16.2. The van der Waals surface area contributed by atoms with Crippen LogP contribution in [0.15, 0.2) is 60.7 Å². The number of carbonyl (C=O) groups excluding carboxylic acids is 3. The number of benzene rings is 2. The lowest BCUT2D eigenvalue weighted by atomic mass is 9.69. The fourth-order valence-corrected chi connectivity index (χ4v) is 6.60. The second kappa shape index (κ2) is 17.0. The molecule has 1 saturated carbocycles. The van der Waals surface area contributed by atoms with Crippen molar-refractivity contribution < 1.29 is 29.0 Å². The van der Waals surface area contributed by atoms with Crippen LogP contribution in [0.5, 0.6) is 0 Å². The third kappa shape index (κ3) is 10.0. The molecular weight excluding hydrogens is 572 g/mol. The Kier molecular flexibility index (Phi) is 12.8. The zero-order chi connectivity index (χ0) is 32.1. The van der Waals surface area contributed by atoms with Crippen LogP contribution in [0.3, 0.4) is 0 Å². The first-order chi connectivity index (χ1) is 21.8. The highest BCUT2D eigenvalue weighted by Crippen LogP contribution is 2.41. The van der Waals surface area contributed by atoms with Gasteiger partial charge >= 0.3 is 12.1 Å². The van der Waals surface area contributed by atoms with Gasteiger partial charge in [-0.3, -0.25) is 14.5 Å². The van der Waals surface area contributed by atoms with Crippen LogP contribution in [-0.2, 0) is 20.7 Å². The molecule has 1 aliphatic heterocycles. The number of rotatable bonds is 14. The normalized spacial score (nSPS) is 17.5. The zero-order valence-electron chi connectivity index (χ0n) is 26.4. The molecule has 10 nitrogen and oxygen atoms in total. The number of urea groups is 1. The second-order valence-electron chi connectivity index (χ2n) is 12.4. The maximum absolute atomic E-state index is 13.8. The van der Waals surface area contributed by atoms with Crippen LogP contribution in [0.2, 0.25) is 0 Å². The molecule has 1 aliphatic carbocycles. The van der Waals surface area contributed by atoms with E-state index in [1.807, 2.05) is 48.5 Å². The Morgan fingerprint density at radius 1 is 0.933 bits per heavy atom. The topological polar surface area (TPSA) is 128 Å². The van der Waals surface area contributed by atoms with Crippen LogP contribution in [0.25, 0.3) is 0 Å². The summed E-state index contributed by atoms with van der Waals surface area (Å²) < 4.78 is 5.31. The summed E-state index contributed by atoms with van der Waals surface area (Å²) in [6.07, 6.45) is 5.53. The number of Topliss-reactive ketones (excluding diaryl/α,β-unsaturated/α-hetero) is 1. The second-order valence-corrected chi connectivity index (χ2v) is 12.4. The molecule has 0 radical (unpaired) electrons. The van der Waals surface area contributed by atoms with Gasteiger partial charge in [0.25, 0.3) is 5.91 Å². The number of carboxylic acid groups (broad SMARTS) is 1. The summed E-state index contributed by atoms with van der Waals surface area (Å²) in [6, 6.07) is 17.7. The highest BCUT2D eigenvalue weighted by atomic mass is 16.5. The third-order valence-electron chi connectivity index (χ3n) is 9.12. The summed E-state index contributed by atoms with van der Waals surface area (Å²) >= 11 is 0. The van der Waals surface area contributed by atoms with Crippen molar-refractivity contribution in [3.05, 3.63) is 71.8 Å². The van der Waals surface area contributed by atoms with Gasteiger partial charge in [0, 0.05) is 26.2 Å². The highest BCUT2D eigenvalue weighted by molar-refractivity contribution is 6.38. The van der Waals surface area contributed by atoms with E-state index in [9.17, 15) is 24.3 Å². The predicted molar refractivity (Wildman–Crippen MR) is 172 cm³/mol. The van der Waals surface area contributed by atoms with Crippen molar-refractivity contribution in [2.24, 2.45) is 5.41 Å². The van der Waals surface area contributed by atoms with Crippen molar-refractivity contribution in [1.29, 1.82) is 0 Å². The summed E-state index contributed by atoms with van der Waals surface area (Å²) in [7, 11) is 0. The molecule has 1 heterocycles. The van der Waals surface area contributed by atoms with E-state index >= 15 is 0 Å². The molecule has 3 N–H and O–H groups in total. The Hall–Kier alpha value is -3.92. The molecule has 0 spiro atoms. The minimum absolute atomic E-state index is 0.160. The van der Waals surface area contributed by atoms with E-state index in [1.165, 1.54) is 4.90 Å². The van der Waals surface area contributed by atoms with Crippen molar-refractivity contribution in [1.82, 2.24) is 20.4 Å². The molecule has 2 aliphatic rings. The average molecular weight is 621 g/mol. The Morgan fingerprint density at radius 2 is 1.58 bits per heavy atom. The van der Waals surface area contributed by atoms with Crippen LogP contribution in [0, 0.1) is 5.41 Å². The van der Waals surface area contributed by atoms with Crippen LogP contribution >= 0.6 is 0 Å². The van der Waals surface area contributed by atoms with Gasteiger partial charge in [-0.2, -0.15) is 0 Å². The summed E-state index contributed by atoms with van der Waals surface area (Å²) in [5.74, 6) is -1.54. The van der Waals surface area contributed by atoms with Crippen molar-refractivity contribution in [3.8, 4) is 0 Å². The van der Waals surface area contributed by atoms with Gasteiger partial charge in [-0.15, -0.1) is 0 Å². The molecule has 244 valence electrons. The molecule has 0 bridgehead atoms. The number of ketones is 1. The molecule has 1 saturated heterocycles. The van der Waals surface area contributed by atoms with Gasteiger partial charge in [0.2, 0.25) is 5.78 Å². The van der Waals surface area contributed by atoms with Crippen molar-refractivity contribution in [2.75, 3.05) is 39.4 Å². The van der Waals surface area contributed by atoms with E-state index in [1.54, 1.807) is 11.8 Å². The standard InChI is InChI=1S/C35H48N4O6/c1-27(29-15-7-3-8-16-29)37-32(41)31(40)30(17-9-12-20-36-33(42)38-21-23-45-24-22-38)39(34(43)44)26-35(18-10-4-11-19-35)25-28-13-5-2-6-14-28/h2-3,5-8,13-16,27,30H,4,9-12,17-26H2,1H3,(H,36,42)(H,37,41)(H,43,44)/t27-,30+/m1/s1. The van der Waals surface area contributed by atoms with Gasteiger partial charge < -0.3 is 25.4 Å². The summed E-state index contributed by atoms with van der Waals surface area (Å²) in [6.45, 7) is 4.48. The summed E-state index contributed by atoms with van der Waals surface area (Å²) in [4.78, 5) is 55.5. The zero-order valence-corrected chi connectivity index (χ0v) is 26.4. The fraction of sp³-hybridized carbons (Fsp3) is 0.543. The Labute approximate surface area is 266 Å². The van der Waals surface area contributed by atoms with Crippen molar-refractivity contribution >= 4 is 23.8 Å². The lowest BCUT2D eigenvalue weighted by molar-refractivity contribution is -0.141. The first-order valence-corrected chi connectivity index (χ1v) is 16.3. The average Bonchev–Trinajstić information content (AvgIpc) is 3.06. The van der Waals surface area contributed by atoms with Gasteiger partial charge in [-0.25, -0.2) is 9.59 Å². The molecule has 2 atom stereocenters. The van der Waals surface area contributed by atoms with Crippen molar-refractivity contribution in [3.63, 3.8) is 0 Å². The number of amides is 4. The highest BCUT2D eigenvalue weighted by Gasteiger charge is 2.41. The number of carbonyl (C=O) groups is 4. The van der Waals surface area contributed by atoms with Gasteiger partial charge in [0.05, 0.1) is 19.3 Å². The Balaban J connectivity index is 1.48. The van der Waals surface area contributed by atoms with E-state index in [0.717, 1.165) is 43.2 Å². The fourth-order valence-electron chi connectivity index (χ4n) is 6.60. The minimum atomic E-state index is -1.20.